The molecule has 3 aliphatic heterocycles. The molecule has 3 saturated heterocycles. The van der Waals surface area contributed by atoms with Gasteiger partial charge in [0.15, 0.2) is 5.78 Å². The van der Waals surface area contributed by atoms with Crippen LogP contribution in [0.2, 0.25) is 10.2 Å². The van der Waals surface area contributed by atoms with Gasteiger partial charge in [-0.15, -0.1) is 0 Å². The standard InChI is InChI=1S/C26H39NO6S.C19H33NO4.C14H24O4.C10H7Cl2NO.C5H11NO.CH4/c1-19-12-14-22(15-13-19)34(30,31)32-18-21-11-8-16-27(21)25(29)23(20-9-6-5-7-10-20)17-24(28)33-26(2,3)4;1-19(2,3)24-17(22)12-16(14-8-5-4-6-9-14)18(23)20-11-7-10-15(20)13-21;1-14(2,3)18-12(15)9-11(13(16)17)10-7-5-4-6-8-10;1-5(14)9-7-4-6(11)2-3-8(7)13-10(9)12;7-4-5-2-1-3-6-5;/h12-15,20-21,23H,5-11,16-18H2,1-4H3;14-16,21H,4-13H2,1-3H3;10-11H,4-9H2,1-3H3,(H,16,17);2-4,13H,1H3;5-7H,1-4H2;1H4/t21-,23-;15-,16-;11-;;5-;/m000.0./s1. The number of ketones is 1. The van der Waals surface area contributed by atoms with Gasteiger partial charge >= 0.3 is 23.9 Å². The van der Waals surface area contributed by atoms with Gasteiger partial charge in [-0.3, -0.25) is 37.7 Å². The number of carbonyl (C=O) groups is 7. The van der Waals surface area contributed by atoms with E-state index in [9.17, 15) is 52.2 Å². The zero-order valence-electron chi connectivity index (χ0n) is 59.7. The third-order valence-electron chi connectivity index (χ3n) is 18.7. The van der Waals surface area contributed by atoms with E-state index in [1.54, 1.807) is 56.0 Å². The molecule has 2 aromatic carbocycles. The fourth-order valence-electron chi connectivity index (χ4n) is 14.0. The third-order valence-corrected chi connectivity index (χ3v) is 20.5. The number of aromatic amines is 1. The third kappa shape index (κ3) is 28.7. The SMILES string of the molecule is C.CC(=O)c1c(Cl)[nH]c2ccc(Cl)cc12.CC(C)(C)OC(=O)C[C@H](C(=O)N1CCC[C@H]1CO)C1CCCCC1.CC(C)(C)OC(=O)C[C@H](C(=O)O)C1CCCCC1.Cc1ccc(S(=O)(=O)OC[C@@H]2CCCN2C(=O)[C@@H](CC(=O)OC(C)(C)C)C2CCCCC2)cc1.OC[C@@H]1CCCN1. The lowest BCUT2D eigenvalue weighted by atomic mass is 9.77. The van der Waals surface area contributed by atoms with Crippen molar-refractivity contribution in [2.24, 2.45) is 35.5 Å². The highest BCUT2D eigenvalue weighted by Gasteiger charge is 2.42. The number of carboxylic acids is 1. The highest BCUT2D eigenvalue weighted by Crippen LogP contribution is 2.38. The van der Waals surface area contributed by atoms with Crippen molar-refractivity contribution in [2.45, 2.75) is 278 Å². The summed E-state index contributed by atoms with van der Waals surface area (Å²) in [5.74, 6) is -2.79. The maximum absolute atomic E-state index is 13.7. The number of carboxylic acid groups (broad SMARTS) is 1. The summed E-state index contributed by atoms with van der Waals surface area (Å²) >= 11 is 11.7. The number of H-pyrrole nitrogens is 1. The maximum Gasteiger partial charge on any atom is 0.307 e. The van der Waals surface area contributed by atoms with Crippen molar-refractivity contribution in [1.29, 1.82) is 0 Å². The Balaban J connectivity index is 0.000000279. The number of halogens is 2. The first-order valence-electron chi connectivity index (χ1n) is 35.5. The molecule has 3 saturated carbocycles. The Labute approximate surface area is 594 Å². The smallest absolute Gasteiger partial charge is 0.307 e. The number of nitrogens with one attached hydrogen (secondary N) is 2. The first-order chi connectivity index (χ1) is 45.6. The molecule has 5 N–H and O–H groups in total. The lowest BCUT2D eigenvalue weighted by Crippen LogP contribution is -2.45. The summed E-state index contributed by atoms with van der Waals surface area (Å²) in [7, 11) is -3.91. The molecule has 2 amide bonds. The number of aliphatic hydroxyl groups excluding tert-OH is 2. The number of aliphatic carboxylic acids is 1. The highest BCUT2D eigenvalue weighted by atomic mass is 35.5. The molecule has 3 aromatic rings. The number of aliphatic hydroxyl groups is 2. The molecule has 554 valence electrons. The normalized spacial score (nSPS) is 20.4. The van der Waals surface area contributed by atoms with Crippen molar-refractivity contribution in [3.05, 3.63) is 63.8 Å². The van der Waals surface area contributed by atoms with Gasteiger partial charge in [0, 0.05) is 35.1 Å². The van der Waals surface area contributed by atoms with Crippen LogP contribution >= 0.6 is 23.2 Å². The van der Waals surface area contributed by atoms with E-state index in [-0.39, 0.29) is 110 Å². The average molecular weight is 1430 g/mol. The van der Waals surface area contributed by atoms with Crippen molar-refractivity contribution in [1.82, 2.24) is 20.1 Å². The van der Waals surface area contributed by atoms with Crippen LogP contribution in [0.25, 0.3) is 10.9 Å². The summed E-state index contributed by atoms with van der Waals surface area (Å²) in [5, 5.41) is 32.2. The number of amides is 2. The Morgan fingerprint density at radius 2 is 1.00 bits per heavy atom. The van der Waals surface area contributed by atoms with Gasteiger partial charge in [-0.25, -0.2) is 0 Å². The molecule has 9 rings (SSSR count). The van der Waals surface area contributed by atoms with Gasteiger partial charge in [0.05, 0.1) is 79.4 Å². The van der Waals surface area contributed by atoms with Crippen LogP contribution in [0, 0.1) is 42.4 Å². The van der Waals surface area contributed by atoms with Gasteiger partial charge in [0.1, 0.15) is 22.0 Å². The van der Waals surface area contributed by atoms with Crippen LogP contribution < -0.4 is 5.32 Å². The minimum atomic E-state index is -3.91. The first kappa shape index (κ1) is 85.3. The summed E-state index contributed by atoms with van der Waals surface area (Å²) in [6, 6.07) is 11.8. The van der Waals surface area contributed by atoms with E-state index >= 15 is 0 Å². The highest BCUT2D eigenvalue weighted by molar-refractivity contribution is 7.86. The number of ether oxygens (including phenoxy) is 3. The van der Waals surface area contributed by atoms with Gasteiger partial charge in [-0.05, 0) is 208 Å². The predicted octanol–water partition coefficient (Wildman–Crippen LogP) is 14.6. The molecular weight excluding hydrogens is 1320 g/mol. The molecular formula is C75H118Cl2N4O16S. The summed E-state index contributed by atoms with van der Waals surface area (Å²) in [4.78, 5) is 92.7. The molecule has 98 heavy (non-hydrogen) atoms. The second-order valence-electron chi connectivity index (χ2n) is 30.1. The number of carbonyl (C=O) groups excluding carboxylic acids is 6. The van der Waals surface area contributed by atoms with Crippen molar-refractivity contribution in [2.75, 3.05) is 39.5 Å². The summed E-state index contributed by atoms with van der Waals surface area (Å²) in [5.41, 5.74) is 0.607. The van der Waals surface area contributed by atoms with Crippen LogP contribution in [0.3, 0.4) is 0 Å². The van der Waals surface area contributed by atoms with Crippen molar-refractivity contribution >= 4 is 85.7 Å². The number of hydrogen-bond donors (Lipinski definition) is 5. The fourth-order valence-corrected chi connectivity index (χ4v) is 15.5. The van der Waals surface area contributed by atoms with Gasteiger partial charge < -0.3 is 49.6 Å². The summed E-state index contributed by atoms with van der Waals surface area (Å²) < 4.78 is 46.9. The van der Waals surface area contributed by atoms with Gasteiger partial charge in [0.25, 0.3) is 10.1 Å². The monoisotopic (exact) mass is 1430 g/mol. The Morgan fingerprint density at radius 3 is 1.39 bits per heavy atom. The second kappa shape index (κ2) is 40.5. The number of nitrogens with zero attached hydrogens (tertiary/aromatic N) is 2. The second-order valence-corrected chi connectivity index (χ2v) is 32.6. The predicted molar refractivity (Wildman–Crippen MR) is 383 cm³/mol. The van der Waals surface area contributed by atoms with E-state index in [1.807, 2.05) is 53.4 Å². The Bertz CT molecular complexity index is 3110. The molecule has 3 aliphatic carbocycles. The first-order valence-corrected chi connectivity index (χ1v) is 37.6. The van der Waals surface area contributed by atoms with Crippen molar-refractivity contribution in [3.8, 4) is 0 Å². The van der Waals surface area contributed by atoms with Crippen LogP contribution in [0.1, 0.15) is 247 Å². The van der Waals surface area contributed by atoms with E-state index in [0.29, 0.717) is 47.9 Å². The van der Waals surface area contributed by atoms with Crippen LogP contribution in [0.15, 0.2) is 47.4 Å². The number of hydrogen-bond acceptors (Lipinski definition) is 16. The zero-order valence-corrected chi connectivity index (χ0v) is 62.0. The number of aromatic nitrogens is 1. The number of fused-ring (bicyclic) bond motifs is 1. The number of benzene rings is 2. The molecule has 0 bridgehead atoms. The topological polar surface area (TPSA) is 286 Å². The van der Waals surface area contributed by atoms with E-state index in [0.717, 1.165) is 132 Å². The number of rotatable bonds is 19. The van der Waals surface area contributed by atoms with Crippen LogP contribution in [-0.4, -0.2) is 154 Å². The van der Waals surface area contributed by atoms with E-state index < -0.39 is 50.7 Å². The molecule has 23 heteroatoms. The maximum atomic E-state index is 13.7. The number of likely N-dealkylation sites (tertiary alicyclic amines) is 2. The van der Waals surface area contributed by atoms with Gasteiger partial charge in [-0.1, -0.05) is 106 Å². The van der Waals surface area contributed by atoms with E-state index in [2.05, 4.69) is 10.3 Å². The number of Topliss-reactive ketones (excluding diaryl/α,β-unsaturated/α-hetero) is 1. The molecule has 6 aliphatic rings. The molecule has 4 heterocycles. The molecule has 0 unspecified atom stereocenters. The largest absolute Gasteiger partial charge is 0.481 e. The quantitative estimate of drug-likeness (QED) is 0.0323. The van der Waals surface area contributed by atoms with Crippen molar-refractivity contribution < 1.29 is 75.7 Å². The number of esters is 3. The summed E-state index contributed by atoms with van der Waals surface area (Å²) in [6.07, 6.45) is 21.6. The average Bonchev–Trinajstić information content (AvgIpc) is 1.59. The van der Waals surface area contributed by atoms with Crippen LogP contribution in [-0.2, 0) is 57.3 Å². The van der Waals surface area contributed by atoms with Gasteiger partial charge in [-0.2, -0.15) is 8.42 Å². The lowest BCUT2D eigenvalue weighted by molar-refractivity contribution is -0.161. The molecule has 6 atom stereocenters. The van der Waals surface area contributed by atoms with Crippen LogP contribution in [0.5, 0.6) is 0 Å². The van der Waals surface area contributed by atoms with E-state index in [1.165, 1.54) is 38.3 Å². The molecule has 6 fully saturated rings. The summed E-state index contributed by atoms with van der Waals surface area (Å²) in [6.45, 7) is 22.3. The molecule has 0 radical (unpaired) electrons. The molecule has 0 spiro atoms. The number of aryl methyl sites for hydroxylation is 1. The van der Waals surface area contributed by atoms with E-state index in [4.69, 9.17) is 46.7 Å². The Hall–Kier alpha value is -5.16. The minimum absolute atomic E-state index is 0. The molecule has 1 aromatic heterocycles. The van der Waals surface area contributed by atoms with Crippen molar-refractivity contribution in [3.63, 3.8) is 0 Å². The Morgan fingerprint density at radius 1 is 0.571 bits per heavy atom. The van der Waals surface area contributed by atoms with Gasteiger partial charge in [0.2, 0.25) is 11.8 Å². The lowest BCUT2D eigenvalue weighted by Gasteiger charge is -2.34. The fraction of sp³-hybridized carbons (Fsp3) is 0.720. The Kier molecular flexibility index (Phi) is 35.2. The molecule has 20 nitrogen and oxygen atoms in total. The zero-order chi connectivity index (χ0) is 71.8. The minimum Gasteiger partial charge on any atom is -0.481 e. The van der Waals surface area contributed by atoms with Crippen LogP contribution in [0.4, 0.5) is 0 Å².